The maximum Gasteiger partial charge on any atom is 0.266 e. The first-order valence-electron chi connectivity index (χ1n) is 14.9. The highest BCUT2D eigenvalue weighted by atomic mass is 35.5. The van der Waals surface area contributed by atoms with E-state index in [1.165, 1.54) is 18.2 Å². The van der Waals surface area contributed by atoms with Gasteiger partial charge in [-0.15, -0.1) is 0 Å². The third-order valence-corrected chi connectivity index (χ3v) is 10.0. The standard InChI is InChI=1S/C32H33Cl2N5O9S2/c1-46-30-13-24-23-12-28(38-32(35)25(23)17-37-29(24)14-31(30)47-2)20-11-22(16-36-15-20)48-18-21(9-19-3-4-26(33)27(34)10-19)39(5-7-49(40,41)42)6-8-50(43,44)45/h3-4,10-17,21H,5-9,18H2,1-2H3,(H2,35,38)(H,40,41,42)(H,43,44,45). The number of hydrogen-bond donors (Lipinski definition) is 3. The fourth-order valence-electron chi connectivity index (χ4n) is 5.41. The molecule has 0 saturated heterocycles. The van der Waals surface area contributed by atoms with Crippen molar-refractivity contribution in [2.45, 2.75) is 12.5 Å². The number of benzene rings is 2. The highest BCUT2D eigenvalue weighted by Gasteiger charge is 2.24. The summed E-state index contributed by atoms with van der Waals surface area (Å²) in [5.74, 6) is 0.216. The number of rotatable bonds is 15. The molecule has 0 aliphatic heterocycles. The van der Waals surface area contributed by atoms with Crippen LogP contribution in [0.4, 0.5) is 5.82 Å². The Bertz CT molecular complexity index is 2230. The Morgan fingerprint density at radius 2 is 1.52 bits per heavy atom. The quantitative estimate of drug-likeness (QED) is 0.0966. The lowest BCUT2D eigenvalue weighted by atomic mass is 10.0. The first-order valence-corrected chi connectivity index (χ1v) is 18.9. The molecule has 18 heteroatoms. The SMILES string of the molecule is COc1cc2ncc3c(N)nc(-c4cncc(OCC(Cc5ccc(Cl)c(Cl)c5)N(CCS(=O)(=O)O)CCS(=O)(=O)O)c4)cc3c2cc1OC. The van der Waals surface area contributed by atoms with Gasteiger partial charge in [0.1, 0.15) is 18.2 Å². The summed E-state index contributed by atoms with van der Waals surface area (Å²) < 4.78 is 82.6. The number of ether oxygens (including phenoxy) is 3. The van der Waals surface area contributed by atoms with E-state index in [-0.39, 0.29) is 37.0 Å². The Morgan fingerprint density at radius 1 is 0.840 bits per heavy atom. The normalized spacial score (nSPS) is 12.8. The second-order valence-corrected chi connectivity index (χ2v) is 15.2. The first-order chi connectivity index (χ1) is 23.6. The van der Waals surface area contributed by atoms with Gasteiger partial charge in [0.2, 0.25) is 0 Å². The molecule has 1 atom stereocenters. The number of nitrogens with two attached hydrogens (primary N) is 1. The van der Waals surface area contributed by atoms with Crippen LogP contribution >= 0.6 is 23.2 Å². The van der Waals surface area contributed by atoms with Crippen LogP contribution in [0, 0.1) is 0 Å². The Labute approximate surface area is 298 Å². The number of halogens is 2. The Kier molecular flexibility index (Phi) is 11.5. The number of nitrogen functional groups attached to an aromatic ring is 1. The zero-order valence-electron chi connectivity index (χ0n) is 26.8. The summed E-state index contributed by atoms with van der Waals surface area (Å²) in [6.07, 6.45) is 4.91. The summed E-state index contributed by atoms with van der Waals surface area (Å²) in [4.78, 5) is 14.9. The molecule has 0 radical (unpaired) electrons. The molecule has 0 spiro atoms. The molecule has 50 heavy (non-hydrogen) atoms. The fourth-order valence-corrected chi connectivity index (χ4v) is 6.66. The number of nitrogens with zero attached hydrogens (tertiary/aromatic N) is 4. The molecule has 3 heterocycles. The second kappa shape index (κ2) is 15.5. The average Bonchev–Trinajstić information content (AvgIpc) is 3.06. The molecular formula is C32H33Cl2N5O9S2. The topological polar surface area (TPSA) is 204 Å². The molecule has 266 valence electrons. The zero-order valence-corrected chi connectivity index (χ0v) is 29.9. The first kappa shape index (κ1) is 37.2. The minimum atomic E-state index is -4.41. The summed E-state index contributed by atoms with van der Waals surface area (Å²) in [5.41, 5.74) is 8.79. The summed E-state index contributed by atoms with van der Waals surface area (Å²) in [6.45, 7) is -0.614. The predicted octanol–water partition coefficient (Wildman–Crippen LogP) is 4.82. The monoisotopic (exact) mass is 765 g/mol. The molecule has 5 rings (SSSR count). The van der Waals surface area contributed by atoms with Gasteiger partial charge in [-0.25, -0.2) is 4.98 Å². The van der Waals surface area contributed by atoms with Crippen LogP contribution in [0.2, 0.25) is 10.0 Å². The van der Waals surface area contributed by atoms with Gasteiger partial charge in [0.25, 0.3) is 20.2 Å². The Hall–Kier alpha value is -4.03. The van der Waals surface area contributed by atoms with Crippen molar-refractivity contribution in [3.05, 3.63) is 76.7 Å². The second-order valence-electron chi connectivity index (χ2n) is 11.3. The van der Waals surface area contributed by atoms with Crippen molar-refractivity contribution in [1.29, 1.82) is 0 Å². The summed E-state index contributed by atoms with van der Waals surface area (Å²) >= 11 is 12.3. The highest BCUT2D eigenvalue weighted by Crippen LogP contribution is 2.37. The minimum absolute atomic E-state index is 0.0897. The van der Waals surface area contributed by atoms with Gasteiger partial charge in [0.05, 0.1) is 53.2 Å². The molecule has 0 aliphatic carbocycles. The lowest BCUT2D eigenvalue weighted by Crippen LogP contribution is -2.45. The van der Waals surface area contributed by atoms with E-state index in [2.05, 4.69) is 15.0 Å². The third kappa shape index (κ3) is 9.39. The van der Waals surface area contributed by atoms with Gasteiger partial charge in [0.15, 0.2) is 11.5 Å². The minimum Gasteiger partial charge on any atom is -0.493 e. The van der Waals surface area contributed by atoms with Crippen LogP contribution in [0.5, 0.6) is 17.2 Å². The van der Waals surface area contributed by atoms with E-state index in [1.54, 1.807) is 49.8 Å². The Morgan fingerprint density at radius 3 is 2.16 bits per heavy atom. The molecule has 5 aromatic rings. The molecule has 0 amide bonds. The van der Waals surface area contributed by atoms with Crippen LogP contribution < -0.4 is 19.9 Å². The summed E-state index contributed by atoms with van der Waals surface area (Å²) in [5, 5.41) is 2.77. The van der Waals surface area contributed by atoms with Gasteiger partial charge in [-0.1, -0.05) is 29.3 Å². The van der Waals surface area contributed by atoms with Gasteiger partial charge >= 0.3 is 0 Å². The maximum atomic E-state index is 11.6. The van der Waals surface area contributed by atoms with Crippen molar-refractivity contribution in [2.75, 3.05) is 51.2 Å². The maximum absolute atomic E-state index is 11.6. The number of aromatic nitrogens is 3. The molecule has 14 nitrogen and oxygen atoms in total. The molecule has 0 saturated carbocycles. The van der Waals surface area contributed by atoms with Crippen LogP contribution in [0.3, 0.4) is 0 Å². The third-order valence-electron chi connectivity index (χ3n) is 7.91. The average molecular weight is 767 g/mol. The molecule has 0 bridgehead atoms. The van der Waals surface area contributed by atoms with Crippen molar-refractivity contribution in [1.82, 2.24) is 19.9 Å². The van der Waals surface area contributed by atoms with E-state index >= 15 is 0 Å². The van der Waals surface area contributed by atoms with Gasteiger partial charge in [0, 0.05) is 53.9 Å². The molecule has 0 fully saturated rings. The van der Waals surface area contributed by atoms with Crippen LogP contribution in [0.25, 0.3) is 32.9 Å². The molecule has 3 aromatic heterocycles. The molecule has 2 aromatic carbocycles. The van der Waals surface area contributed by atoms with Gasteiger partial charge < -0.3 is 19.9 Å². The van der Waals surface area contributed by atoms with E-state index < -0.39 is 37.8 Å². The van der Waals surface area contributed by atoms with Crippen molar-refractivity contribution in [2.24, 2.45) is 0 Å². The summed E-state index contributed by atoms with van der Waals surface area (Å²) in [7, 11) is -5.75. The molecule has 1 unspecified atom stereocenters. The van der Waals surface area contributed by atoms with Crippen LogP contribution in [0.1, 0.15) is 5.56 Å². The van der Waals surface area contributed by atoms with Crippen molar-refractivity contribution in [3.8, 4) is 28.5 Å². The number of pyridine rings is 3. The van der Waals surface area contributed by atoms with Gasteiger partial charge in [-0.2, -0.15) is 16.8 Å². The van der Waals surface area contributed by atoms with Crippen LogP contribution in [0.15, 0.2) is 61.1 Å². The van der Waals surface area contributed by atoms with E-state index in [0.717, 1.165) is 10.8 Å². The molecular weight excluding hydrogens is 733 g/mol. The van der Waals surface area contributed by atoms with Crippen LogP contribution in [-0.4, -0.2) is 97.3 Å². The predicted molar refractivity (Wildman–Crippen MR) is 192 cm³/mol. The lowest BCUT2D eigenvalue weighted by molar-refractivity contribution is 0.145. The van der Waals surface area contributed by atoms with Crippen molar-refractivity contribution < 1.29 is 40.2 Å². The van der Waals surface area contributed by atoms with E-state index in [0.29, 0.717) is 50.0 Å². The van der Waals surface area contributed by atoms with E-state index in [1.807, 2.05) is 12.1 Å². The van der Waals surface area contributed by atoms with Crippen molar-refractivity contribution >= 4 is 70.9 Å². The number of hydrogen-bond acceptors (Lipinski definition) is 12. The van der Waals surface area contributed by atoms with Gasteiger partial charge in [-0.3, -0.25) is 24.0 Å². The molecule has 4 N–H and O–H groups in total. The molecule has 0 aliphatic rings. The van der Waals surface area contributed by atoms with Crippen molar-refractivity contribution in [3.63, 3.8) is 0 Å². The highest BCUT2D eigenvalue weighted by molar-refractivity contribution is 7.86. The van der Waals surface area contributed by atoms with Crippen LogP contribution in [-0.2, 0) is 26.7 Å². The summed E-state index contributed by atoms with van der Waals surface area (Å²) in [6, 6.07) is 11.4. The van der Waals surface area contributed by atoms with E-state index in [4.69, 9.17) is 43.1 Å². The number of fused-ring (bicyclic) bond motifs is 3. The largest absolute Gasteiger partial charge is 0.493 e. The number of methoxy groups -OCH3 is 2. The zero-order chi connectivity index (χ0) is 36.2. The van der Waals surface area contributed by atoms with Gasteiger partial charge in [-0.05, 0) is 47.7 Å². The smallest absolute Gasteiger partial charge is 0.266 e. The Balaban J connectivity index is 1.48. The number of anilines is 1. The van der Waals surface area contributed by atoms with E-state index in [9.17, 15) is 25.9 Å². The lowest BCUT2D eigenvalue weighted by Gasteiger charge is -2.31. The fraction of sp³-hybridized carbons (Fsp3) is 0.281.